The van der Waals surface area contributed by atoms with Gasteiger partial charge in [-0.3, -0.25) is 0 Å². The van der Waals surface area contributed by atoms with E-state index < -0.39 is 5.97 Å². The number of halogens is 3. The zero-order valence-electron chi connectivity index (χ0n) is 21.3. The Bertz CT molecular complexity index is 1450. The van der Waals surface area contributed by atoms with Gasteiger partial charge in [0.1, 0.15) is 18.0 Å². The van der Waals surface area contributed by atoms with Crippen LogP contribution in [0.2, 0.25) is 10.0 Å². The van der Waals surface area contributed by atoms with E-state index in [1.807, 2.05) is 36.5 Å². The average molecular weight is 617 g/mol. The van der Waals surface area contributed by atoms with E-state index in [4.69, 9.17) is 33.0 Å². The van der Waals surface area contributed by atoms with Crippen LogP contribution in [-0.4, -0.2) is 20.9 Å². The maximum Gasteiger partial charge on any atom is 0.335 e. The summed E-state index contributed by atoms with van der Waals surface area (Å²) in [5.74, 6) is 0.0609. The van der Waals surface area contributed by atoms with Crippen molar-refractivity contribution >= 4 is 45.1 Å². The van der Waals surface area contributed by atoms with Gasteiger partial charge in [-0.1, -0.05) is 71.2 Å². The van der Waals surface area contributed by atoms with Gasteiger partial charge in [-0.25, -0.2) is 9.48 Å². The second-order valence-corrected chi connectivity index (χ2v) is 10.9. The van der Waals surface area contributed by atoms with Crippen molar-refractivity contribution in [3.05, 3.63) is 109 Å². The molecule has 1 heterocycles. The molecule has 0 atom stereocenters. The van der Waals surface area contributed by atoms with Crippen LogP contribution in [0.4, 0.5) is 0 Å². The van der Waals surface area contributed by atoms with Gasteiger partial charge in [0.15, 0.2) is 0 Å². The van der Waals surface area contributed by atoms with Gasteiger partial charge < -0.3 is 15.2 Å². The van der Waals surface area contributed by atoms with E-state index in [2.05, 4.69) is 47.1 Å². The lowest BCUT2D eigenvalue weighted by Gasteiger charge is -2.16. The number of carboxylic acid groups (broad SMARTS) is 1. The summed E-state index contributed by atoms with van der Waals surface area (Å²) in [6.45, 7) is 7.86. The number of carbonyl (C=O) groups is 1. The monoisotopic (exact) mass is 615 g/mol. The van der Waals surface area contributed by atoms with E-state index in [-0.39, 0.29) is 11.5 Å². The summed E-state index contributed by atoms with van der Waals surface area (Å²) < 4.78 is 8.75. The summed E-state index contributed by atoms with van der Waals surface area (Å²) >= 11 is 16.4. The topological polar surface area (TPSA) is 76.4 Å². The normalized spacial score (nSPS) is 11.2. The first-order valence-corrected chi connectivity index (χ1v) is 13.7. The van der Waals surface area contributed by atoms with Crippen LogP contribution in [-0.2, 0) is 19.7 Å². The molecule has 38 heavy (non-hydrogen) atoms. The molecule has 0 aliphatic heterocycles. The molecule has 0 aliphatic rings. The summed E-state index contributed by atoms with van der Waals surface area (Å²) in [5.41, 5.74) is 6.10. The Kier molecular flexibility index (Phi) is 9.15. The first-order chi connectivity index (χ1) is 18.2. The fourth-order valence-electron chi connectivity index (χ4n) is 4.16. The van der Waals surface area contributed by atoms with Gasteiger partial charge in [-0.2, -0.15) is 5.10 Å². The van der Waals surface area contributed by atoms with E-state index in [1.54, 1.807) is 28.9 Å². The fourth-order valence-corrected chi connectivity index (χ4v) is 5.24. The van der Waals surface area contributed by atoms with Gasteiger partial charge in [0, 0.05) is 17.6 Å². The Morgan fingerprint density at radius 3 is 2.39 bits per heavy atom. The maximum absolute atomic E-state index is 11.1. The number of aromatic carboxylic acids is 1. The smallest absolute Gasteiger partial charge is 0.335 e. The van der Waals surface area contributed by atoms with Crippen LogP contribution in [0.15, 0.2) is 65.3 Å². The fraction of sp³-hybridized carbons (Fsp3) is 0.241. The van der Waals surface area contributed by atoms with Gasteiger partial charge in [-0.05, 0) is 71.5 Å². The van der Waals surface area contributed by atoms with Crippen molar-refractivity contribution < 1.29 is 14.6 Å². The van der Waals surface area contributed by atoms with Crippen molar-refractivity contribution in [2.75, 3.05) is 0 Å². The molecule has 0 saturated heterocycles. The molecule has 0 aliphatic carbocycles. The minimum atomic E-state index is -0.944. The SMILES string of the molecule is Cc1cc(OCc2c(C(C)C)cnn2-c2c(Cl)cccc2Cl)ccc1CNCc1ccc(C(=O)O)cc1Br. The highest BCUT2D eigenvalue weighted by molar-refractivity contribution is 9.10. The highest BCUT2D eigenvalue weighted by Crippen LogP contribution is 2.32. The summed E-state index contributed by atoms with van der Waals surface area (Å²) in [7, 11) is 0. The number of aryl methyl sites for hydroxylation is 1. The summed E-state index contributed by atoms with van der Waals surface area (Å²) in [6.07, 6.45) is 1.84. The van der Waals surface area contributed by atoms with Gasteiger partial charge in [-0.15, -0.1) is 0 Å². The number of ether oxygens (including phenoxy) is 1. The zero-order chi connectivity index (χ0) is 27.4. The van der Waals surface area contributed by atoms with Gasteiger partial charge in [0.25, 0.3) is 0 Å². The van der Waals surface area contributed by atoms with Crippen molar-refractivity contribution in [3.63, 3.8) is 0 Å². The molecule has 0 radical (unpaired) electrons. The first-order valence-electron chi connectivity index (χ1n) is 12.1. The van der Waals surface area contributed by atoms with Crippen molar-refractivity contribution in [1.29, 1.82) is 0 Å². The van der Waals surface area contributed by atoms with E-state index >= 15 is 0 Å². The molecule has 0 spiro atoms. The van der Waals surface area contributed by atoms with Crippen molar-refractivity contribution in [2.45, 2.75) is 46.4 Å². The zero-order valence-corrected chi connectivity index (χ0v) is 24.4. The molecule has 1 aromatic heterocycles. The number of para-hydroxylation sites is 1. The number of hydrogen-bond acceptors (Lipinski definition) is 4. The van der Waals surface area contributed by atoms with Gasteiger partial charge in [0.05, 0.1) is 27.5 Å². The number of aromatic nitrogens is 2. The molecule has 3 aromatic carbocycles. The molecular formula is C29H28BrCl2N3O3. The Morgan fingerprint density at radius 1 is 1.08 bits per heavy atom. The van der Waals surface area contributed by atoms with Crippen LogP contribution in [0.1, 0.15) is 58.1 Å². The minimum Gasteiger partial charge on any atom is -0.487 e. The van der Waals surface area contributed by atoms with Crippen LogP contribution in [0.3, 0.4) is 0 Å². The second kappa shape index (κ2) is 12.3. The lowest BCUT2D eigenvalue weighted by Crippen LogP contribution is -2.14. The highest BCUT2D eigenvalue weighted by Gasteiger charge is 2.19. The lowest BCUT2D eigenvalue weighted by atomic mass is 10.0. The third kappa shape index (κ3) is 6.41. The molecular weight excluding hydrogens is 589 g/mol. The van der Waals surface area contributed by atoms with Crippen LogP contribution < -0.4 is 10.1 Å². The molecule has 0 bridgehead atoms. The summed E-state index contributed by atoms with van der Waals surface area (Å²) in [6, 6.07) is 16.5. The molecule has 0 saturated carbocycles. The van der Waals surface area contributed by atoms with E-state index in [1.165, 1.54) is 0 Å². The Morgan fingerprint density at radius 2 is 1.76 bits per heavy atom. The first kappa shape index (κ1) is 28.2. The maximum atomic E-state index is 11.1. The molecule has 0 amide bonds. The minimum absolute atomic E-state index is 0.249. The average Bonchev–Trinajstić information content (AvgIpc) is 3.28. The summed E-state index contributed by atoms with van der Waals surface area (Å²) in [4.78, 5) is 11.1. The Labute approximate surface area is 240 Å². The molecule has 6 nitrogen and oxygen atoms in total. The summed E-state index contributed by atoms with van der Waals surface area (Å²) in [5, 5.41) is 18.2. The Balaban J connectivity index is 1.44. The second-order valence-electron chi connectivity index (χ2n) is 9.28. The van der Waals surface area contributed by atoms with E-state index in [9.17, 15) is 4.79 Å². The number of nitrogens with zero attached hydrogens (tertiary/aromatic N) is 2. The number of rotatable bonds is 10. The largest absolute Gasteiger partial charge is 0.487 e. The number of nitrogens with one attached hydrogen (secondary N) is 1. The number of benzene rings is 3. The van der Waals surface area contributed by atoms with Crippen LogP contribution >= 0.6 is 39.1 Å². The lowest BCUT2D eigenvalue weighted by molar-refractivity contribution is 0.0696. The third-order valence-corrected chi connectivity index (χ3v) is 7.64. The standard InChI is InChI=1S/C29H28BrCl2N3O3/c1-17(2)23-15-34-35(28-25(31)5-4-6-26(28)32)27(23)16-38-22-10-9-20(18(3)11-22)13-33-14-21-8-7-19(29(36)37)12-24(21)30/h4-12,15,17,33H,13-14,16H2,1-3H3,(H,36,37). The molecule has 2 N–H and O–H groups in total. The molecule has 4 aromatic rings. The van der Waals surface area contributed by atoms with E-state index in [0.29, 0.717) is 35.4 Å². The van der Waals surface area contributed by atoms with Crippen LogP contribution in [0.25, 0.3) is 5.69 Å². The molecule has 198 valence electrons. The predicted molar refractivity (Wildman–Crippen MR) is 155 cm³/mol. The van der Waals surface area contributed by atoms with Crippen LogP contribution in [0.5, 0.6) is 5.75 Å². The third-order valence-electron chi connectivity index (χ3n) is 6.29. The van der Waals surface area contributed by atoms with Crippen molar-refractivity contribution in [2.24, 2.45) is 0 Å². The molecule has 9 heteroatoms. The van der Waals surface area contributed by atoms with E-state index in [0.717, 1.165) is 38.2 Å². The number of hydrogen-bond donors (Lipinski definition) is 2. The molecule has 0 unspecified atom stereocenters. The Hall–Kier alpha value is -2.84. The van der Waals surface area contributed by atoms with Crippen molar-refractivity contribution in [3.8, 4) is 11.4 Å². The van der Waals surface area contributed by atoms with Gasteiger partial charge >= 0.3 is 5.97 Å². The van der Waals surface area contributed by atoms with Crippen LogP contribution in [0, 0.1) is 6.92 Å². The van der Waals surface area contributed by atoms with Gasteiger partial charge in [0.2, 0.25) is 0 Å². The molecule has 0 fully saturated rings. The van der Waals surface area contributed by atoms with Crippen molar-refractivity contribution in [1.82, 2.24) is 15.1 Å². The predicted octanol–water partition coefficient (Wildman–Crippen LogP) is 7.94. The highest BCUT2D eigenvalue weighted by atomic mass is 79.9. The quantitative estimate of drug-likeness (QED) is 0.189. The number of carboxylic acids is 1. The molecule has 4 rings (SSSR count).